The summed E-state index contributed by atoms with van der Waals surface area (Å²) in [7, 11) is 0. The van der Waals surface area contributed by atoms with Gasteiger partial charge in [0.25, 0.3) is 0 Å². The van der Waals surface area contributed by atoms with E-state index in [1.54, 1.807) is 4.90 Å². The molecule has 0 aliphatic carbocycles. The lowest BCUT2D eigenvalue weighted by Crippen LogP contribution is -2.45. The van der Waals surface area contributed by atoms with Gasteiger partial charge in [0.05, 0.1) is 5.92 Å². The highest BCUT2D eigenvalue weighted by Gasteiger charge is 2.28. The summed E-state index contributed by atoms with van der Waals surface area (Å²) in [6.07, 6.45) is 2.81. The minimum Gasteiger partial charge on any atom is -0.396 e. The topological polar surface area (TPSA) is 69.6 Å². The first-order valence-electron chi connectivity index (χ1n) is 8.87. The Labute approximate surface area is 144 Å². The quantitative estimate of drug-likeness (QED) is 0.801. The van der Waals surface area contributed by atoms with E-state index in [1.807, 2.05) is 37.3 Å². The van der Waals surface area contributed by atoms with Crippen molar-refractivity contribution in [2.24, 2.45) is 5.92 Å². The van der Waals surface area contributed by atoms with Crippen molar-refractivity contribution in [2.45, 2.75) is 38.5 Å². The van der Waals surface area contributed by atoms with Crippen LogP contribution < -0.4 is 5.32 Å². The normalized spacial score (nSPS) is 18.9. The Morgan fingerprint density at radius 2 is 2.08 bits per heavy atom. The molecule has 1 aliphatic rings. The van der Waals surface area contributed by atoms with Gasteiger partial charge in [0.15, 0.2) is 0 Å². The van der Waals surface area contributed by atoms with Crippen molar-refractivity contribution in [3.8, 4) is 0 Å². The predicted molar refractivity (Wildman–Crippen MR) is 93.5 cm³/mol. The third-order valence-electron chi connectivity index (χ3n) is 4.72. The predicted octanol–water partition coefficient (Wildman–Crippen LogP) is 1.92. The molecule has 1 fully saturated rings. The molecule has 1 saturated heterocycles. The molecular formula is C19H28N2O3. The number of carbonyl (C=O) groups excluding carboxylic acids is 2. The molecule has 2 rings (SSSR count). The summed E-state index contributed by atoms with van der Waals surface area (Å²) in [5.74, 6) is 0.120. The zero-order chi connectivity index (χ0) is 17.4. The summed E-state index contributed by atoms with van der Waals surface area (Å²) in [6, 6.07) is 9.94. The number of aliphatic hydroxyl groups is 1. The first kappa shape index (κ1) is 18.5. The second-order valence-corrected chi connectivity index (χ2v) is 6.40. The molecule has 5 heteroatoms. The number of nitrogens with one attached hydrogen (secondary N) is 1. The van der Waals surface area contributed by atoms with Gasteiger partial charge in [-0.1, -0.05) is 37.3 Å². The number of benzene rings is 1. The molecule has 0 spiro atoms. The molecule has 2 unspecified atom stereocenters. The van der Waals surface area contributed by atoms with Gasteiger partial charge in [-0.25, -0.2) is 0 Å². The second kappa shape index (κ2) is 9.42. The Balaban J connectivity index is 1.89. The lowest BCUT2D eigenvalue weighted by Gasteiger charge is -2.32. The van der Waals surface area contributed by atoms with Gasteiger partial charge in [0, 0.05) is 38.6 Å². The van der Waals surface area contributed by atoms with E-state index in [0.29, 0.717) is 25.9 Å². The molecule has 1 aliphatic heterocycles. The van der Waals surface area contributed by atoms with Crippen molar-refractivity contribution < 1.29 is 14.7 Å². The SMILES string of the molecule is CCC(=O)N1CCCC(C(=O)NCC(CCO)c2ccccc2)C1. The van der Waals surface area contributed by atoms with Crippen LogP contribution in [0.5, 0.6) is 0 Å². The monoisotopic (exact) mass is 332 g/mol. The van der Waals surface area contributed by atoms with Crippen LogP contribution in [0.2, 0.25) is 0 Å². The first-order chi connectivity index (χ1) is 11.7. The van der Waals surface area contributed by atoms with Crippen molar-refractivity contribution in [1.29, 1.82) is 0 Å². The highest BCUT2D eigenvalue weighted by molar-refractivity contribution is 5.81. The van der Waals surface area contributed by atoms with Crippen molar-refractivity contribution in [3.05, 3.63) is 35.9 Å². The van der Waals surface area contributed by atoms with Gasteiger partial charge >= 0.3 is 0 Å². The maximum atomic E-state index is 12.5. The van der Waals surface area contributed by atoms with Crippen molar-refractivity contribution in [2.75, 3.05) is 26.2 Å². The molecule has 0 aromatic heterocycles. The summed E-state index contributed by atoms with van der Waals surface area (Å²) < 4.78 is 0. The average Bonchev–Trinajstić information content (AvgIpc) is 2.65. The molecule has 24 heavy (non-hydrogen) atoms. The van der Waals surface area contributed by atoms with Gasteiger partial charge in [-0.3, -0.25) is 9.59 Å². The fourth-order valence-electron chi connectivity index (χ4n) is 3.28. The Hall–Kier alpha value is -1.88. The first-order valence-corrected chi connectivity index (χ1v) is 8.87. The van der Waals surface area contributed by atoms with Gasteiger partial charge in [-0.05, 0) is 24.8 Å². The smallest absolute Gasteiger partial charge is 0.224 e. The standard InChI is InChI=1S/C19H28N2O3/c1-2-18(23)21-11-6-9-17(14-21)19(24)20-13-16(10-12-22)15-7-4-3-5-8-15/h3-5,7-8,16-17,22H,2,6,9-14H2,1H3,(H,20,24). The molecule has 2 atom stereocenters. The Morgan fingerprint density at radius 3 is 2.75 bits per heavy atom. The number of hydrogen-bond acceptors (Lipinski definition) is 3. The second-order valence-electron chi connectivity index (χ2n) is 6.40. The van der Waals surface area contributed by atoms with Gasteiger partial charge in [0.2, 0.25) is 11.8 Å². The highest BCUT2D eigenvalue weighted by atomic mass is 16.3. The van der Waals surface area contributed by atoms with Crippen LogP contribution >= 0.6 is 0 Å². The lowest BCUT2D eigenvalue weighted by molar-refractivity contribution is -0.135. The van der Waals surface area contributed by atoms with Gasteiger partial charge in [0.1, 0.15) is 0 Å². The maximum absolute atomic E-state index is 12.5. The molecule has 0 saturated carbocycles. The number of hydrogen-bond donors (Lipinski definition) is 2. The zero-order valence-corrected chi connectivity index (χ0v) is 14.4. The zero-order valence-electron chi connectivity index (χ0n) is 14.4. The largest absolute Gasteiger partial charge is 0.396 e. The van der Waals surface area contributed by atoms with E-state index < -0.39 is 0 Å². The number of likely N-dealkylation sites (tertiary alicyclic amines) is 1. The van der Waals surface area contributed by atoms with Crippen LogP contribution in [0.4, 0.5) is 0 Å². The van der Waals surface area contributed by atoms with Crippen LogP contribution in [0, 0.1) is 5.92 Å². The van der Waals surface area contributed by atoms with Crippen LogP contribution in [0.1, 0.15) is 44.1 Å². The molecule has 1 heterocycles. The Bertz CT molecular complexity index is 533. The molecule has 1 aromatic rings. The van der Waals surface area contributed by atoms with E-state index >= 15 is 0 Å². The van der Waals surface area contributed by atoms with Gasteiger partial charge in [-0.15, -0.1) is 0 Å². The van der Waals surface area contributed by atoms with Crippen LogP contribution in [-0.2, 0) is 9.59 Å². The summed E-state index contributed by atoms with van der Waals surface area (Å²) in [6.45, 7) is 3.74. The van der Waals surface area contributed by atoms with Gasteiger partial charge in [-0.2, -0.15) is 0 Å². The molecule has 0 bridgehead atoms. The van der Waals surface area contributed by atoms with Crippen LogP contribution in [0.25, 0.3) is 0 Å². The van der Waals surface area contributed by atoms with E-state index in [0.717, 1.165) is 24.9 Å². The van der Waals surface area contributed by atoms with Gasteiger partial charge < -0.3 is 15.3 Å². The van der Waals surface area contributed by atoms with Crippen LogP contribution in [-0.4, -0.2) is 48.1 Å². The summed E-state index contributed by atoms with van der Waals surface area (Å²) >= 11 is 0. The molecular weight excluding hydrogens is 304 g/mol. The number of piperidine rings is 1. The van der Waals surface area contributed by atoms with E-state index in [2.05, 4.69) is 5.32 Å². The minimum absolute atomic E-state index is 0.0162. The van der Waals surface area contributed by atoms with E-state index in [1.165, 1.54) is 0 Å². The lowest BCUT2D eigenvalue weighted by atomic mass is 9.94. The van der Waals surface area contributed by atoms with Crippen molar-refractivity contribution >= 4 is 11.8 Å². The Morgan fingerprint density at radius 1 is 1.33 bits per heavy atom. The number of carbonyl (C=O) groups is 2. The highest BCUT2D eigenvalue weighted by Crippen LogP contribution is 2.20. The minimum atomic E-state index is -0.125. The van der Waals surface area contributed by atoms with Crippen LogP contribution in [0.15, 0.2) is 30.3 Å². The third-order valence-corrected chi connectivity index (χ3v) is 4.72. The third kappa shape index (κ3) is 5.06. The number of rotatable bonds is 7. The Kier molecular flexibility index (Phi) is 7.25. The molecule has 0 radical (unpaired) electrons. The molecule has 1 aromatic carbocycles. The van der Waals surface area contributed by atoms with Crippen molar-refractivity contribution in [3.63, 3.8) is 0 Å². The fourth-order valence-corrected chi connectivity index (χ4v) is 3.28. The summed E-state index contributed by atoms with van der Waals surface area (Å²) in [5, 5.41) is 12.3. The molecule has 5 nitrogen and oxygen atoms in total. The average molecular weight is 332 g/mol. The fraction of sp³-hybridized carbons (Fsp3) is 0.579. The molecule has 2 amide bonds. The van der Waals surface area contributed by atoms with Crippen molar-refractivity contribution in [1.82, 2.24) is 10.2 Å². The van der Waals surface area contributed by atoms with E-state index in [4.69, 9.17) is 0 Å². The van der Waals surface area contributed by atoms with E-state index in [-0.39, 0.29) is 30.3 Å². The number of amides is 2. The summed E-state index contributed by atoms with van der Waals surface area (Å²) in [5.41, 5.74) is 1.12. The summed E-state index contributed by atoms with van der Waals surface area (Å²) in [4.78, 5) is 26.1. The maximum Gasteiger partial charge on any atom is 0.224 e. The molecule has 2 N–H and O–H groups in total. The number of aliphatic hydroxyl groups excluding tert-OH is 1. The number of nitrogens with zero attached hydrogens (tertiary/aromatic N) is 1. The van der Waals surface area contributed by atoms with Crippen LogP contribution in [0.3, 0.4) is 0 Å². The molecule has 132 valence electrons. The van der Waals surface area contributed by atoms with E-state index in [9.17, 15) is 14.7 Å².